The predicted octanol–water partition coefficient (Wildman–Crippen LogP) is 0.243. The summed E-state index contributed by atoms with van der Waals surface area (Å²) in [7, 11) is 0. The maximum atomic E-state index is 12.5. The summed E-state index contributed by atoms with van der Waals surface area (Å²) < 4.78 is 12.5. The van der Waals surface area contributed by atoms with E-state index in [1.54, 1.807) is 0 Å². The molecule has 0 aliphatic carbocycles. The maximum Gasteiger partial charge on any atom is 0.225 e. The van der Waals surface area contributed by atoms with E-state index in [-0.39, 0.29) is 18.3 Å². The number of rotatable bonds is 2. The second-order valence-electron chi connectivity index (χ2n) is 1.98. The molecule has 12 heavy (non-hydrogen) atoms. The Morgan fingerprint density at radius 1 is 1.75 bits per heavy atom. The van der Waals surface area contributed by atoms with Crippen molar-refractivity contribution in [2.75, 3.05) is 17.6 Å². The van der Waals surface area contributed by atoms with E-state index in [2.05, 4.69) is 21.2 Å². The van der Waals surface area contributed by atoms with Crippen molar-refractivity contribution in [1.29, 1.82) is 0 Å². The average Bonchev–Trinajstić information content (AvgIpc) is 2.07. The van der Waals surface area contributed by atoms with Crippen LogP contribution in [-0.4, -0.2) is 16.5 Å². The molecule has 0 aromatic carbocycles. The predicted molar refractivity (Wildman–Crippen MR) is 43.7 cm³/mol. The maximum absolute atomic E-state index is 12.5. The summed E-state index contributed by atoms with van der Waals surface area (Å²) in [6, 6.07) is 0. The third-order valence-electron chi connectivity index (χ3n) is 1.12. The minimum absolute atomic E-state index is 0.190. The molecule has 1 aromatic heterocycles. The van der Waals surface area contributed by atoms with Crippen molar-refractivity contribution in [3.63, 3.8) is 0 Å². The van der Waals surface area contributed by atoms with Crippen LogP contribution in [0.15, 0.2) is 6.20 Å². The molecule has 0 amide bonds. The largest absolute Gasteiger partial charge is 0.381 e. The van der Waals surface area contributed by atoms with Gasteiger partial charge >= 0.3 is 0 Å². The lowest BCUT2D eigenvalue weighted by molar-refractivity contribution is 0.620. The highest BCUT2D eigenvalue weighted by Crippen LogP contribution is 2.06. The van der Waals surface area contributed by atoms with Gasteiger partial charge in [0.2, 0.25) is 5.95 Å². The van der Waals surface area contributed by atoms with Crippen molar-refractivity contribution in [2.45, 2.75) is 0 Å². The fourth-order valence-corrected chi connectivity index (χ4v) is 0.596. The molecule has 62 valence electrons. The van der Waals surface area contributed by atoms with E-state index in [1.807, 2.05) is 0 Å². The normalized spacial score (nSPS) is 9.00. The lowest BCUT2D eigenvalue weighted by Gasteiger charge is -2.00. The van der Waals surface area contributed by atoms with Gasteiger partial charge in [0.05, 0.1) is 12.7 Å². The summed E-state index contributed by atoms with van der Waals surface area (Å²) in [5.74, 6) is 1.73. The van der Waals surface area contributed by atoms with Gasteiger partial charge < -0.3 is 11.1 Å². The molecule has 1 rings (SSSR count). The van der Waals surface area contributed by atoms with E-state index in [4.69, 9.17) is 12.2 Å². The molecule has 0 spiro atoms. The van der Waals surface area contributed by atoms with E-state index in [0.717, 1.165) is 6.20 Å². The Labute approximate surface area is 69.0 Å². The van der Waals surface area contributed by atoms with Gasteiger partial charge in [0, 0.05) is 0 Å². The quantitative estimate of drug-likeness (QED) is 0.618. The Morgan fingerprint density at radius 3 is 3.08 bits per heavy atom. The van der Waals surface area contributed by atoms with Crippen LogP contribution < -0.4 is 11.1 Å². The summed E-state index contributed by atoms with van der Waals surface area (Å²) in [6.45, 7) is 0.283. The van der Waals surface area contributed by atoms with Gasteiger partial charge in [-0.3, -0.25) is 0 Å². The van der Waals surface area contributed by atoms with Crippen LogP contribution in [0.4, 0.5) is 16.2 Å². The monoisotopic (exact) mass is 166 g/mol. The highest BCUT2D eigenvalue weighted by Gasteiger charge is 2.00. The van der Waals surface area contributed by atoms with Gasteiger partial charge in [-0.25, -0.2) is 9.37 Å². The first-order chi connectivity index (χ1) is 5.74. The van der Waals surface area contributed by atoms with Crippen LogP contribution in [0.25, 0.3) is 0 Å². The van der Waals surface area contributed by atoms with Crippen LogP contribution in [-0.2, 0) is 0 Å². The number of nitrogen functional groups attached to an aromatic ring is 1. The highest BCUT2D eigenvalue weighted by molar-refractivity contribution is 5.37. The Kier molecular flexibility index (Phi) is 2.43. The van der Waals surface area contributed by atoms with Crippen molar-refractivity contribution in [2.24, 2.45) is 0 Å². The zero-order valence-corrected chi connectivity index (χ0v) is 6.21. The van der Waals surface area contributed by atoms with Crippen molar-refractivity contribution in [1.82, 2.24) is 9.97 Å². The SMILES string of the molecule is C#CCNc1ncc(F)c(N)n1. The first-order valence-electron chi connectivity index (χ1n) is 3.19. The van der Waals surface area contributed by atoms with Crippen molar-refractivity contribution >= 4 is 11.8 Å². The Hall–Kier alpha value is -1.83. The molecule has 4 nitrogen and oxygen atoms in total. The van der Waals surface area contributed by atoms with Crippen LogP contribution in [0.5, 0.6) is 0 Å². The topological polar surface area (TPSA) is 63.8 Å². The molecule has 1 aromatic rings. The Bertz CT molecular complexity index is 318. The third kappa shape index (κ3) is 1.83. The molecule has 5 heteroatoms. The van der Waals surface area contributed by atoms with E-state index in [9.17, 15) is 4.39 Å². The number of terminal acetylenes is 1. The van der Waals surface area contributed by atoms with Crippen LogP contribution in [0.2, 0.25) is 0 Å². The number of halogens is 1. The molecule has 0 unspecified atom stereocenters. The van der Waals surface area contributed by atoms with Gasteiger partial charge in [-0.1, -0.05) is 5.92 Å². The van der Waals surface area contributed by atoms with E-state index < -0.39 is 5.82 Å². The summed E-state index contributed by atoms with van der Waals surface area (Å²) in [5, 5.41) is 2.66. The minimum Gasteiger partial charge on any atom is -0.381 e. The molecular weight excluding hydrogens is 159 g/mol. The zero-order chi connectivity index (χ0) is 8.97. The third-order valence-corrected chi connectivity index (χ3v) is 1.12. The Morgan fingerprint density at radius 2 is 2.50 bits per heavy atom. The van der Waals surface area contributed by atoms with Crippen LogP contribution in [0.3, 0.4) is 0 Å². The van der Waals surface area contributed by atoms with Crippen LogP contribution in [0, 0.1) is 18.2 Å². The van der Waals surface area contributed by atoms with Crippen molar-refractivity contribution < 1.29 is 4.39 Å². The lowest BCUT2D eigenvalue weighted by atomic mass is 10.5. The molecule has 3 N–H and O–H groups in total. The van der Waals surface area contributed by atoms with Crippen LogP contribution >= 0.6 is 0 Å². The molecule has 0 fully saturated rings. The van der Waals surface area contributed by atoms with Crippen molar-refractivity contribution in [3.05, 3.63) is 12.0 Å². The van der Waals surface area contributed by atoms with E-state index in [0.29, 0.717) is 0 Å². The number of nitrogens with zero attached hydrogens (tertiary/aromatic N) is 2. The van der Waals surface area contributed by atoms with Gasteiger partial charge in [0.25, 0.3) is 0 Å². The number of nitrogens with one attached hydrogen (secondary N) is 1. The summed E-state index contributed by atoms with van der Waals surface area (Å²) in [5.41, 5.74) is 5.17. The summed E-state index contributed by atoms with van der Waals surface area (Å²) >= 11 is 0. The molecule has 0 radical (unpaired) electrons. The van der Waals surface area contributed by atoms with E-state index in [1.165, 1.54) is 0 Å². The molecular formula is C7H7FN4. The van der Waals surface area contributed by atoms with Gasteiger partial charge in [-0.2, -0.15) is 4.98 Å². The zero-order valence-electron chi connectivity index (χ0n) is 6.21. The summed E-state index contributed by atoms with van der Waals surface area (Å²) in [4.78, 5) is 7.20. The second kappa shape index (κ2) is 3.53. The molecule has 0 saturated carbocycles. The molecule has 0 saturated heterocycles. The fraction of sp³-hybridized carbons (Fsp3) is 0.143. The van der Waals surface area contributed by atoms with Gasteiger partial charge in [-0.05, 0) is 0 Å². The number of nitrogens with two attached hydrogens (primary N) is 1. The number of aromatic nitrogens is 2. The van der Waals surface area contributed by atoms with Gasteiger partial charge in [-0.15, -0.1) is 6.42 Å². The fourth-order valence-electron chi connectivity index (χ4n) is 0.596. The first-order valence-corrected chi connectivity index (χ1v) is 3.19. The highest BCUT2D eigenvalue weighted by atomic mass is 19.1. The summed E-state index contributed by atoms with van der Waals surface area (Å²) in [6.07, 6.45) is 5.96. The number of hydrogen-bond donors (Lipinski definition) is 2. The number of hydrogen-bond acceptors (Lipinski definition) is 4. The second-order valence-corrected chi connectivity index (χ2v) is 1.98. The molecule has 1 heterocycles. The molecule has 0 aliphatic heterocycles. The molecule has 0 atom stereocenters. The van der Waals surface area contributed by atoms with Gasteiger partial charge in [0.15, 0.2) is 11.6 Å². The molecule has 0 aliphatic rings. The average molecular weight is 166 g/mol. The molecule has 0 bridgehead atoms. The standard InChI is InChI=1S/C7H7FN4/c1-2-3-10-7-11-4-5(8)6(9)12-7/h1,4H,3H2,(H3,9,10,11,12). The van der Waals surface area contributed by atoms with E-state index >= 15 is 0 Å². The smallest absolute Gasteiger partial charge is 0.225 e. The number of anilines is 2. The minimum atomic E-state index is -0.638. The van der Waals surface area contributed by atoms with Gasteiger partial charge in [0.1, 0.15) is 0 Å². The van der Waals surface area contributed by atoms with Crippen LogP contribution in [0.1, 0.15) is 0 Å². The Balaban J connectivity index is 2.77. The lowest BCUT2D eigenvalue weighted by Crippen LogP contribution is -2.06. The first kappa shape index (κ1) is 8.27. The van der Waals surface area contributed by atoms with Crippen molar-refractivity contribution in [3.8, 4) is 12.3 Å².